The number of aryl methyl sites for hydroxylation is 1. The normalized spacial score (nSPS) is 10.4. The average molecular weight is 264 g/mol. The van der Waals surface area contributed by atoms with Gasteiger partial charge in [-0.15, -0.1) is 0 Å². The molecule has 0 aromatic heterocycles. The first kappa shape index (κ1) is 15.2. The molecule has 0 radical (unpaired) electrons. The summed E-state index contributed by atoms with van der Waals surface area (Å²) in [5.74, 6) is -1.01. The topological polar surface area (TPSA) is 106 Å². The Balaban J connectivity index is 2.74. The lowest BCUT2D eigenvalue weighted by Crippen LogP contribution is -2.16. The molecule has 0 bridgehead atoms. The minimum absolute atomic E-state index is 0.198. The van der Waals surface area contributed by atoms with Crippen molar-refractivity contribution in [1.82, 2.24) is 0 Å². The van der Waals surface area contributed by atoms with E-state index < -0.39 is 11.8 Å². The molecule has 0 fully saturated rings. The van der Waals surface area contributed by atoms with E-state index in [4.69, 9.17) is 16.6 Å². The third-order valence-corrected chi connectivity index (χ3v) is 3.01. The van der Waals surface area contributed by atoms with Crippen LogP contribution in [-0.2, 0) is 6.42 Å². The number of aliphatic hydroxyl groups excluding tert-OH is 1. The summed E-state index contributed by atoms with van der Waals surface area (Å²) in [4.78, 5) is 22.4. The van der Waals surface area contributed by atoms with Crippen LogP contribution in [0.25, 0.3) is 0 Å². The number of benzene rings is 1. The van der Waals surface area contributed by atoms with Gasteiger partial charge in [0, 0.05) is 17.7 Å². The zero-order valence-corrected chi connectivity index (χ0v) is 10.9. The van der Waals surface area contributed by atoms with Gasteiger partial charge in [-0.25, -0.2) is 0 Å². The van der Waals surface area contributed by atoms with E-state index >= 15 is 0 Å². The van der Waals surface area contributed by atoms with E-state index in [0.717, 1.165) is 31.2 Å². The van der Waals surface area contributed by atoms with Gasteiger partial charge in [0.05, 0.1) is 0 Å². The summed E-state index contributed by atoms with van der Waals surface area (Å²) < 4.78 is 0. The molecule has 19 heavy (non-hydrogen) atoms. The summed E-state index contributed by atoms with van der Waals surface area (Å²) in [7, 11) is 0. The van der Waals surface area contributed by atoms with E-state index in [-0.39, 0.29) is 6.61 Å². The Hall–Kier alpha value is -1.88. The Morgan fingerprint density at radius 3 is 2.26 bits per heavy atom. The van der Waals surface area contributed by atoms with Crippen molar-refractivity contribution in [1.29, 1.82) is 0 Å². The molecule has 5 nitrogen and oxygen atoms in total. The van der Waals surface area contributed by atoms with Crippen LogP contribution in [0.1, 0.15) is 52.0 Å². The third kappa shape index (κ3) is 4.71. The molecular weight excluding hydrogens is 244 g/mol. The minimum Gasteiger partial charge on any atom is -0.396 e. The highest BCUT2D eigenvalue weighted by molar-refractivity contribution is 5.97. The number of carbonyl (C=O) groups is 2. The lowest BCUT2D eigenvalue weighted by atomic mass is 9.98. The predicted molar refractivity (Wildman–Crippen MR) is 72.7 cm³/mol. The van der Waals surface area contributed by atoms with Crippen molar-refractivity contribution in [2.45, 2.75) is 32.1 Å². The van der Waals surface area contributed by atoms with E-state index in [1.54, 1.807) is 12.1 Å². The second kappa shape index (κ2) is 7.53. The Labute approximate surface area is 112 Å². The largest absolute Gasteiger partial charge is 0.396 e. The highest BCUT2D eigenvalue weighted by Gasteiger charge is 2.10. The van der Waals surface area contributed by atoms with Crippen molar-refractivity contribution in [3.63, 3.8) is 0 Å². The smallest absolute Gasteiger partial charge is 0.248 e. The fraction of sp³-hybridized carbons (Fsp3) is 0.429. The maximum atomic E-state index is 11.3. The summed E-state index contributed by atoms with van der Waals surface area (Å²) in [6.45, 7) is 0.198. The van der Waals surface area contributed by atoms with Crippen molar-refractivity contribution in [2.75, 3.05) is 6.61 Å². The number of unbranched alkanes of at least 4 members (excludes halogenated alkanes) is 3. The monoisotopic (exact) mass is 264 g/mol. The average Bonchev–Trinajstić information content (AvgIpc) is 2.38. The van der Waals surface area contributed by atoms with Crippen LogP contribution < -0.4 is 11.5 Å². The van der Waals surface area contributed by atoms with Crippen LogP contribution in [0.4, 0.5) is 0 Å². The van der Waals surface area contributed by atoms with E-state index in [0.29, 0.717) is 17.5 Å². The number of amides is 2. The zero-order chi connectivity index (χ0) is 14.3. The second-order valence-corrected chi connectivity index (χ2v) is 4.49. The number of rotatable bonds is 8. The molecule has 2 amide bonds. The van der Waals surface area contributed by atoms with Gasteiger partial charge in [-0.05, 0) is 43.0 Å². The standard InChI is InChI=1S/C14H20N2O3/c15-13(18)11-6-7-12(14(16)19)10(9-11)5-3-1-2-4-8-17/h6-7,9,17H,1-5,8H2,(H2,15,18)(H2,16,19). The van der Waals surface area contributed by atoms with Gasteiger partial charge in [0.2, 0.25) is 11.8 Å². The number of aliphatic hydroxyl groups is 1. The van der Waals surface area contributed by atoms with Crippen LogP contribution in [0, 0.1) is 0 Å². The molecule has 1 aromatic rings. The Kier molecular flexibility index (Phi) is 6.02. The first-order valence-corrected chi connectivity index (χ1v) is 6.39. The second-order valence-electron chi connectivity index (χ2n) is 4.49. The molecule has 1 rings (SSSR count). The molecule has 1 aromatic carbocycles. The van der Waals surface area contributed by atoms with Crippen LogP contribution >= 0.6 is 0 Å². The van der Waals surface area contributed by atoms with Gasteiger partial charge in [-0.3, -0.25) is 9.59 Å². The fourth-order valence-corrected chi connectivity index (χ4v) is 1.98. The number of hydrogen-bond acceptors (Lipinski definition) is 3. The number of nitrogens with two attached hydrogens (primary N) is 2. The first-order valence-electron chi connectivity index (χ1n) is 6.39. The van der Waals surface area contributed by atoms with Gasteiger partial charge in [0.25, 0.3) is 0 Å². The van der Waals surface area contributed by atoms with Gasteiger partial charge < -0.3 is 16.6 Å². The number of primary amides is 2. The molecule has 0 spiro atoms. The Bertz CT molecular complexity index is 458. The SMILES string of the molecule is NC(=O)c1ccc(C(N)=O)c(CCCCCCO)c1. The maximum absolute atomic E-state index is 11.3. The van der Waals surface area contributed by atoms with E-state index in [1.165, 1.54) is 6.07 Å². The quantitative estimate of drug-likeness (QED) is 0.609. The zero-order valence-electron chi connectivity index (χ0n) is 10.9. The number of carbonyl (C=O) groups excluding carboxylic acids is 2. The lowest BCUT2D eigenvalue weighted by molar-refractivity contribution is 0.0987. The van der Waals surface area contributed by atoms with Crippen LogP contribution in [0.2, 0.25) is 0 Å². The molecule has 0 heterocycles. The van der Waals surface area contributed by atoms with Crippen molar-refractivity contribution < 1.29 is 14.7 Å². The van der Waals surface area contributed by atoms with E-state index in [2.05, 4.69) is 0 Å². The molecule has 0 saturated heterocycles. The summed E-state index contributed by atoms with van der Waals surface area (Å²) in [5, 5.41) is 8.68. The maximum Gasteiger partial charge on any atom is 0.248 e. The highest BCUT2D eigenvalue weighted by Crippen LogP contribution is 2.15. The Morgan fingerprint density at radius 1 is 1.00 bits per heavy atom. The van der Waals surface area contributed by atoms with E-state index in [1.807, 2.05) is 0 Å². The molecule has 0 aliphatic heterocycles. The van der Waals surface area contributed by atoms with Crippen LogP contribution in [0.5, 0.6) is 0 Å². The first-order chi connectivity index (χ1) is 9.06. The predicted octanol–water partition coefficient (Wildman–Crippen LogP) is 0.980. The summed E-state index contributed by atoms with van der Waals surface area (Å²) in [6, 6.07) is 4.69. The fourth-order valence-electron chi connectivity index (χ4n) is 1.98. The van der Waals surface area contributed by atoms with Crippen molar-refractivity contribution in [3.8, 4) is 0 Å². The summed E-state index contributed by atoms with van der Waals surface area (Å²) >= 11 is 0. The molecule has 104 valence electrons. The van der Waals surface area contributed by atoms with Crippen molar-refractivity contribution in [2.24, 2.45) is 11.5 Å². The lowest BCUT2D eigenvalue weighted by Gasteiger charge is -2.08. The molecule has 0 aliphatic rings. The minimum atomic E-state index is -0.516. The van der Waals surface area contributed by atoms with Gasteiger partial charge >= 0.3 is 0 Å². The molecule has 0 saturated carbocycles. The molecule has 0 aliphatic carbocycles. The highest BCUT2D eigenvalue weighted by atomic mass is 16.2. The van der Waals surface area contributed by atoms with Crippen LogP contribution in [0.3, 0.4) is 0 Å². The summed E-state index contributed by atoms with van der Waals surface area (Å²) in [6.07, 6.45) is 4.23. The molecular formula is C14H20N2O3. The van der Waals surface area contributed by atoms with Crippen molar-refractivity contribution in [3.05, 3.63) is 34.9 Å². The van der Waals surface area contributed by atoms with E-state index in [9.17, 15) is 9.59 Å². The third-order valence-electron chi connectivity index (χ3n) is 3.01. The van der Waals surface area contributed by atoms with Gasteiger partial charge in [-0.2, -0.15) is 0 Å². The van der Waals surface area contributed by atoms with Crippen molar-refractivity contribution >= 4 is 11.8 Å². The van der Waals surface area contributed by atoms with Crippen LogP contribution in [0.15, 0.2) is 18.2 Å². The van der Waals surface area contributed by atoms with Gasteiger partial charge in [0.15, 0.2) is 0 Å². The van der Waals surface area contributed by atoms with Crippen LogP contribution in [-0.4, -0.2) is 23.5 Å². The summed E-state index contributed by atoms with van der Waals surface area (Å²) in [5.41, 5.74) is 12.1. The van der Waals surface area contributed by atoms with Gasteiger partial charge in [-0.1, -0.05) is 12.8 Å². The van der Waals surface area contributed by atoms with Gasteiger partial charge in [0.1, 0.15) is 0 Å². The molecule has 0 atom stereocenters. The molecule has 0 unspecified atom stereocenters. The Morgan fingerprint density at radius 2 is 1.68 bits per heavy atom. The number of hydrogen-bond donors (Lipinski definition) is 3. The molecule has 5 N–H and O–H groups in total. The molecule has 5 heteroatoms.